The van der Waals surface area contributed by atoms with E-state index in [1.165, 1.54) is 0 Å². The average Bonchev–Trinajstić information content (AvgIpc) is 2.99. The van der Waals surface area contributed by atoms with Crippen molar-refractivity contribution < 1.29 is 9.18 Å². The van der Waals surface area contributed by atoms with Crippen molar-refractivity contribution in [1.29, 1.82) is 0 Å². The molecule has 2 aliphatic carbocycles. The zero-order valence-electron chi connectivity index (χ0n) is 14.2. The topological polar surface area (TPSA) is 32.3 Å². The van der Waals surface area contributed by atoms with Crippen LogP contribution in [0.15, 0.2) is 0 Å². The lowest BCUT2D eigenvalue weighted by Gasteiger charge is -2.33. The summed E-state index contributed by atoms with van der Waals surface area (Å²) in [6.07, 6.45) is 11.6. The Morgan fingerprint density at radius 2 is 2.00 bits per heavy atom. The van der Waals surface area contributed by atoms with Gasteiger partial charge in [0.15, 0.2) is 5.78 Å². The highest BCUT2D eigenvalue weighted by Gasteiger charge is 2.44. The molecular weight excluding hydrogens is 327 g/mol. The first-order chi connectivity index (χ1) is 11.6. The molecular formula is C19H28ClFN2O. The van der Waals surface area contributed by atoms with Gasteiger partial charge in [-0.25, -0.2) is 14.8 Å². The van der Waals surface area contributed by atoms with Gasteiger partial charge in [-0.3, -0.25) is 4.79 Å². The standard InChI is InChI=1S/C19H28ClFN2O/c1-2-10-23-12-17(13-6-8-16(21)9-7-13)18(22-23)19(24)14-4-3-5-15(20)11-14/h1,13-18,22H,3-12H2. The molecule has 5 heteroatoms. The van der Waals surface area contributed by atoms with Crippen LogP contribution in [0.2, 0.25) is 0 Å². The predicted octanol–water partition coefficient (Wildman–Crippen LogP) is 3.32. The molecule has 1 aliphatic heterocycles. The van der Waals surface area contributed by atoms with Gasteiger partial charge in [0.05, 0.1) is 12.6 Å². The molecule has 0 aromatic rings. The number of terminal acetylenes is 1. The molecule has 0 bridgehead atoms. The molecule has 1 saturated heterocycles. The van der Waals surface area contributed by atoms with Crippen molar-refractivity contribution in [2.45, 2.75) is 69.0 Å². The summed E-state index contributed by atoms with van der Waals surface area (Å²) in [5.74, 6) is 3.67. The summed E-state index contributed by atoms with van der Waals surface area (Å²) in [6, 6.07) is -0.175. The Bertz CT molecular complexity index is 486. The van der Waals surface area contributed by atoms with Gasteiger partial charge in [0, 0.05) is 17.8 Å². The molecule has 3 nitrogen and oxygen atoms in total. The molecule has 0 spiro atoms. The van der Waals surface area contributed by atoms with Crippen LogP contribution in [-0.4, -0.2) is 41.5 Å². The minimum absolute atomic E-state index is 0.0598. The lowest BCUT2D eigenvalue weighted by Crippen LogP contribution is -2.46. The highest BCUT2D eigenvalue weighted by atomic mass is 35.5. The van der Waals surface area contributed by atoms with Gasteiger partial charge >= 0.3 is 0 Å². The molecule has 0 radical (unpaired) electrons. The first-order valence-electron chi connectivity index (χ1n) is 9.35. The fourth-order valence-electron chi connectivity index (χ4n) is 4.77. The molecule has 3 aliphatic rings. The average molecular weight is 355 g/mol. The fourth-order valence-corrected chi connectivity index (χ4v) is 5.14. The minimum atomic E-state index is -0.665. The molecule has 2 saturated carbocycles. The number of alkyl halides is 2. The number of halogens is 2. The summed E-state index contributed by atoms with van der Waals surface area (Å²) in [6.45, 7) is 1.29. The summed E-state index contributed by atoms with van der Waals surface area (Å²) in [5, 5.41) is 2.12. The molecule has 3 fully saturated rings. The van der Waals surface area contributed by atoms with E-state index in [2.05, 4.69) is 11.3 Å². The Balaban J connectivity index is 1.69. The van der Waals surface area contributed by atoms with Crippen LogP contribution in [-0.2, 0) is 4.79 Å². The van der Waals surface area contributed by atoms with Gasteiger partial charge in [0.2, 0.25) is 0 Å². The second-order valence-corrected chi connectivity index (χ2v) is 8.35. The molecule has 134 valence electrons. The van der Waals surface area contributed by atoms with E-state index in [0.717, 1.165) is 45.1 Å². The van der Waals surface area contributed by atoms with Gasteiger partial charge in [-0.15, -0.1) is 18.0 Å². The summed E-state index contributed by atoms with van der Waals surface area (Å²) >= 11 is 6.29. The second kappa shape index (κ2) is 8.17. The van der Waals surface area contributed by atoms with E-state index in [9.17, 15) is 9.18 Å². The van der Waals surface area contributed by atoms with Crippen LogP contribution in [0.25, 0.3) is 0 Å². The van der Waals surface area contributed by atoms with E-state index in [1.54, 1.807) is 0 Å². The third kappa shape index (κ3) is 4.12. The number of hydrogen-bond donors (Lipinski definition) is 1. The van der Waals surface area contributed by atoms with Crippen molar-refractivity contribution in [3.63, 3.8) is 0 Å². The Labute approximate surface area is 149 Å². The number of hydrogen-bond acceptors (Lipinski definition) is 3. The first kappa shape index (κ1) is 18.2. The molecule has 0 amide bonds. The Morgan fingerprint density at radius 1 is 1.25 bits per heavy atom. The highest BCUT2D eigenvalue weighted by molar-refractivity contribution is 6.20. The van der Waals surface area contributed by atoms with Crippen molar-refractivity contribution in [3.8, 4) is 12.3 Å². The maximum atomic E-state index is 13.5. The van der Waals surface area contributed by atoms with Crippen molar-refractivity contribution in [1.82, 2.24) is 10.4 Å². The summed E-state index contributed by atoms with van der Waals surface area (Å²) in [4.78, 5) is 13.1. The lowest BCUT2D eigenvalue weighted by atomic mass is 9.73. The summed E-state index contributed by atoms with van der Waals surface area (Å²) in [7, 11) is 0. The van der Waals surface area contributed by atoms with Crippen molar-refractivity contribution >= 4 is 17.4 Å². The van der Waals surface area contributed by atoms with Gasteiger partial charge in [-0.05, 0) is 56.8 Å². The third-order valence-electron chi connectivity index (χ3n) is 6.09. The van der Waals surface area contributed by atoms with Crippen LogP contribution in [0.3, 0.4) is 0 Å². The SMILES string of the molecule is C#CCN1CC(C2CCC(F)CC2)C(C(=O)C2CCCC(Cl)C2)N1. The number of hydrazine groups is 1. The number of Topliss-reactive ketones (excluding diaryl/α,β-unsaturated/α-hetero) is 1. The highest BCUT2D eigenvalue weighted by Crippen LogP contribution is 2.38. The molecule has 1 heterocycles. The van der Waals surface area contributed by atoms with Crippen molar-refractivity contribution in [3.05, 3.63) is 0 Å². The van der Waals surface area contributed by atoms with E-state index in [-0.39, 0.29) is 23.3 Å². The Hall–Kier alpha value is -0.630. The van der Waals surface area contributed by atoms with Gasteiger partial charge in [-0.1, -0.05) is 12.3 Å². The molecule has 24 heavy (non-hydrogen) atoms. The number of nitrogens with zero attached hydrogens (tertiary/aromatic N) is 1. The van der Waals surface area contributed by atoms with Gasteiger partial charge in [-0.2, -0.15) is 0 Å². The number of ketones is 1. The maximum Gasteiger partial charge on any atom is 0.154 e. The molecule has 4 atom stereocenters. The molecule has 0 aromatic heterocycles. The van der Waals surface area contributed by atoms with Gasteiger partial charge < -0.3 is 0 Å². The monoisotopic (exact) mass is 354 g/mol. The van der Waals surface area contributed by atoms with Gasteiger partial charge in [0.1, 0.15) is 6.17 Å². The molecule has 4 unspecified atom stereocenters. The third-order valence-corrected chi connectivity index (χ3v) is 6.49. The van der Waals surface area contributed by atoms with Gasteiger partial charge in [0.25, 0.3) is 0 Å². The van der Waals surface area contributed by atoms with Crippen LogP contribution in [0.4, 0.5) is 4.39 Å². The van der Waals surface area contributed by atoms with E-state index in [1.807, 2.05) is 5.01 Å². The van der Waals surface area contributed by atoms with Crippen LogP contribution >= 0.6 is 11.6 Å². The largest absolute Gasteiger partial charge is 0.298 e. The van der Waals surface area contributed by atoms with E-state index in [4.69, 9.17) is 18.0 Å². The Morgan fingerprint density at radius 3 is 2.67 bits per heavy atom. The number of rotatable bonds is 4. The van der Waals surface area contributed by atoms with Crippen molar-refractivity contribution in [2.75, 3.05) is 13.1 Å². The lowest BCUT2D eigenvalue weighted by molar-refractivity contribution is -0.127. The van der Waals surface area contributed by atoms with Crippen LogP contribution < -0.4 is 5.43 Å². The van der Waals surface area contributed by atoms with E-state index < -0.39 is 6.17 Å². The number of nitrogens with one attached hydrogen (secondary N) is 1. The zero-order chi connectivity index (χ0) is 17.1. The minimum Gasteiger partial charge on any atom is -0.298 e. The number of carbonyl (C=O) groups excluding carboxylic acids is 1. The molecule has 1 N–H and O–H groups in total. The smallest absolute Gasteiger partial charge is 0.154 e. The summed E-state index contributed by atoms with van der Waals surface area (Å²) in [5.41, 5.74) is 3.37. The summed E-state index contributed by atoms with van der Waals surface area (Å²) < 4.78 is 13.5. The molecule has 0 aromatic carbocycles. The Kier molecular flexibility index (Phi) is 6.18. The normalized spacial score (nSPS) is 41.0. The number of carbonyl (C=O) groups is 1. The zero-order valence-corrected chi connectivity index (χ0v) is 15.0. The van der Waals surface area contributed by atoms with Crippen LogP contribution in [0.5, 0.6) is 0 Å². The molecule has 3 rings (SSSR count). The van der Waals surface area contributed by atoms with Crippen LogP contribution in [0.1, 0.15) is 51.4 Å². The second-order valence-electron chi connectivity index (χ2n) is 7.73. The first-order valence-corrected chi connectivity index (χ1v) is 9.78. The quantitative estimate of drug-likeness (QED) is 0.621. The van der Waals surface area contributed by atoms with Crippen LogP contribution in [0, 0.1) is 30.1 Å². The predicted molar refractivity (Wildman–Crippen MR) is 94.3 cm³/mol. The maximum absolute atomic E-state index is 13.5. The fraction of sp³-hybridized carbons (Fsp3) is 0.842. The van der Waals surface area contributed by atoms with Crippen molar-refractivity contribution in [2.24, 2.45) is 17.8 Å². The van der Waals surface area contributed by atoms with E-state index in [0.29, 0.717) is 31.1 Å². The van der Waals surface area contributed by atoms with E-state index >= 15 is 0 Å².